The summed E-state index contributed by atoms with van der Waals surface area (Å²) in [5.41, 5.74) is 0. The van der Waals surface area contributed by atoms with Crippen LogP contribution in [0.15, 0.2) is 0 Å². The summed E-state index contributed by atoms with van der Waals surface area (Å²) in [6.45, 7) is 6.53. The molecular weight excluding hydrogens is 226 g/mol. The fraction of sp³-hybridized carbons (Fsp3) is 1.00. The van der Waals surface area contributed by atoms with E-state index in [2.05, 4.69) is 10.0 Å². The van der Waals surface area contributed by atoms with Crippen molar-refractivity contribution in [3.8, 4) is 0 Å². The SMILES string of the molecule is CC(C)NCCNS(=O)(=O)N1CCCCC1. The molecular formula is C10H23N3O2S. The summed E-state index contributed by atoms with van der Waals surface area (Å²) in [6.07, 6.45) is 3.09. The first kappa shape index (κ1) is 13.9. The molecule has 0 spiro atoms. The topological polar surface area (TPSA) is 61.4 Å². The first-order chi connectivity index (χ1) is 7.52. The lowest BCUT2D eigenvalue weighted by Crippen LogP contribution is -2.45. The van der Waals surface area contributed by atoms with Crippen molar-refractivity contribution in [2.75, 3.05) is 26.2 Å². The fourth-order valence-corrected chi connectivity index (χ4v) is 3.02. The minimum absolute atomic E-state index is 0.388. The molecule has 1 aliphatic rings. The number of hydrogen-bond donors (Lipinski definition) is 2. The highest BCUT2D eigenvalue weighted by atomic mass is 32.2. The Morgan fingerprint density at radius 2 is 1.75 bits per heavy atom. The Labute approximate surface area is 98.8 Å². The highest BCUT2D eigenvalue weighted by molar-refractivity contribution is 7.87. The van der Waals surface area contributed by atoms with E-state index in [1.807, 2.05) is 13.8 Å². The monoisotopic (exact) mass is 249 g/mol. The summed E-state index contributed by atoms with van der Waals surface area (Å²) in [5.74, 6) is 0. The van der Waals surface area contributed by atoms with Crippen molar-refractivity contribution in [2.24, 2.45) is 0 Å². The highest BCUT2D eigenvalue weighted by Crippen LogP contribution is 2.11. The van der Waals surface area contributed by atoms with Crippen LogP contribution in [-0.2, 0) is 10.2 Å². The Bertz CT molecular complexity index is 284. The largest absolute Gasteiger partial charge is 0.313 e. The minimum atomic E-state index is -3.24. The number of rotatable bonds is 6. The Morgan fingerprint density at radius 3 is 2.31 bits per heavy atom. The van der Waals surface area contributed by atoms with Crippen LogP contribution in [-0.4, -0.2) is 44.9 Å². The summed E-state index contributed by atoms with van der Waals surface area (Å²) < 4.78 is 27.8. The van der Waals surface area contributed by atoms with Crippen LogP contribution in [0.2, 0.25) is 0 Å². The van der Waals surface area contributed by atoms with E-state index >= 15 is 0 Å². The van der Waals surface area contributed by atoms with Crippen LogP contribution in [0.4, 0.5) is 0 Å². The highest BCUT2D eigenvalue weighted by Gasteiger charge is 2.22. The molecule has 1 heterocycles. The molecule has 0 aliphatic carbocycles. The average Bonchev–Trinajstić information content (AvgIpc) is 2.26. The molecule has 0 aromatic rings. The second kappa shape index (κ2) is 6.54. The first-order valence-electron chi connectivity index (χ1n) is 6.00. The molecule has 0 saturated carbocycles. The zero-order valence-corrected chi connectivity index (χ0v) is 11.0. The molecule has 0 unspecified atom stereocenters. The van der Waals surface area contributed by atoms with Gasteiger partial charge in [-0.2, -0.15) is 12.7 Å². The molecule has 0 atom stereocenters. The van der Waals surface area contributed by atoms with Crippen LogP contribution in [0.1, 0.15) is 33.1 Å². The summed E-state index contributed by atoms with van der Waals surface area (Å²) in [7, 11) is -3.24. The number of hydrogen-bond acceptors (Lipinski definition) is 3. The molecule has 1 aliphatic heterocycles. The molecule has 6 heteroatoms. The van der Waals surface area contributed by atoms with Gasteiger partial charge in [-0.15, -0.1) is 0 Å². The zero-order chi connectivity index (χ0) is 12.0. The molecule has 1 fully saturated rings. The van der Waals surface area contributed by atoms with Crippen molar-refractivity contribution in [1.29, 1.82) is 0 Å². The Morgan fingerprint density at radius 1 is 1.12 bits per heavy atom. The second-order valence-corrected chi connectivity index (χ2v) is 6.22. The maximum atomic E-state index is 11.8. The van der Waals surface area contributed by atoms with E-state index in [1.165, 1.54) is 0 Å². The van der Waals surface area contributed by atoms with Crippen molar-refractivity contribution in [3.05, 3.63) is 0 Å². The van der Waals surface area contributed by atoms with Gasteiger partial charge in [0.2, 0.25) is 0 Å². The van der Waals surface area contributed by atoms with Crippen LogP contribution in [0.3, 0.4) is 0 Å². The molecule has 0 aromatic carbocycles. The van der Waals surface area contributed by atoms with Gasteiger partial charge in [0, 0.05) is 32.2 Å². The molecule has 2 N–H and O–H groups in total. The molecule has 0 aromatic heterocycles. The van der Waals surface area contributed by atoms with Gasteiger partial charge in [0.25, 0.3) is 10.2 Å². The van der Waals surface area contributed by atoms with Crippen LogP contribution in [0.5, 0.6) is 0 Å². The van der Waals surface area contributed by atoms with E-state index in [-0.39, 0.29) is 0 Å². The van der Waals surface area contributed by atoms with Crippen molar-refractivity contribution in [3.63, 3.8) is 0 Å². The van der Waals surface area contributed by atoms with Gasteiger partial charge in [0.05, 0.1) is 0 Å². The lowest BCUT2D eigenvalue weighted by molar-refractivity contribution is 0.341. The van der Waals surface area contributed by atoms with Gasteiger partial charge < -0.3 is 5.32 Å². The van der Waals surface area contributed by atoms with Gasteiger partial charge in [0.15, 0.2) is 0 Å². The third-order valence-electron chi connectivity index (χ3n) is 2.62. The van der Waals surface area contributed by atoms with Crippen molar-refractivity contribution in [1.82, 2.24) is 14.3 Å². The number of piperidine rings is 1. The van der Waals surface area contributed by atoms with Gasteiger partial charge in [-0.3, -0.25) is 0 Å². The first-order valence-corrected chi connectivity index (χ1v) is 7.44. The Balaban J connectivity index is 2.27. The lowest BCUT2D eigenvalue weighted by atomic mass is 10.2. The second-order valence-electron chi connectivity index (χ2n) is 4.47. The summed E-state index contributed by atoms with van der Waals surface area (Å²) in [5, 5.41) is 3.18. The molecule has 1 rings (SSSR count). The molecule has 1 saturated heterocycles. The quantitative estimate of drug-likeness (QED) is 0.666. The molecule has 16 heavy (non-hydrogen) atoms. The van der Waals surface area contributed by atoms with Crippen LogP contribution < -0.4 is 10.0 Å². The third-order valence-corrected chi connectivity index (χ3v) is 4.23. The van der Waals surface area contributed by atoms with E-state index < -0.39 is 10.2 Å². The van der Waals surface area contributed by atoms with Crippen molar-refractivity contribution < 1.29 is 8.42 Å². The Hall–Kier alpha value is -0.170. The van der Waals surface area contributed by atoms with Crippen molar-refractivity contribution >= 4 is 10.2 Å². The minimum Gasteiger partial charge on any atom is -0.313 e. The predicted molar refractivity (Wildman–Crippen MR) is 65.5 cm³/mol. The van der Waals surface area contributed by atoms with Crippen LogP contribution >= 0.6 is 0 Å². The van der Waals surface area contributed by atoms with E-state index in [0.717, 1.165) is 19.3 Å². The molecule has 5 nitrogen and oxygen atoms in total. The fourth-order valence-electron chi connectivity index (χ4n) is 1.74. The number of nitrogens with zero attached hydrogens (tertiary/aromatic N) is 1. The third kappa shape index (κ3) is 4.78. The normalized spacial score (nSPS) is 19.2. The average molecular weight is 249 g/mol. The van der Waals surface area contributed by atoms with E-state index in [4.69, 9.17) is 0 Å². The summed E-state index contributed by atoms with van der Waals surface area (Å²) in [6, 6.07) is 0.388. The maximum Gasteiger partial charge on any atom is 0.279 e. The van der Waals surface area contributed by atoms with E-state index in [0.29, 0.717) is 32.2 Å². The predicted octanol–water partition coefficient (Wildman–Crippen LogP) is 0.305. The standard InChI is InChI=1S/C10H23N3O2S/c1-10(2)11-6-7-12-16(14,15)13-8-4-3-5-9-13/h10-12H,3-9H2,1-2H3. The molecule has 0 bridgehead atoms. The van der Waals surface area contributed by atoms with Crippen LogP contribution in [0, 0.1) is 0 Å². The van der Waals surface area contributed by atoms with Crippen molar-refractivity contribution in [2.45, 2.75) is 39.2 Å². The van der Waals surface area contributed by atoms with Gasteiger partial charge in [-0.1, -0.05) is 20.3 Å². The summed E-state index contributed by atoms with van der Waals surface area (Å²) in [4.78, 5) is 0. The Kier molecular flexibility index (Phi) is 5.68. The zero-order valence-electron chi connectivity index (χ0n) is 10.2. The van der Waals surface area contributed by atoms with Gasteiger partial charge in [-0.05, 0) is 12.8 Å². The smallest absolute Gasteiger partial charge is 0.279 e. The molecule has 96 valence electrons. The van der Waals surface area contributed by atoms with Gasteiger partial charge in [0.1, 0.15) is 0 Å². The van der Waals surface area contributed by atoms with E-state index in [1.54, 1.807) is 4.31 Å². The van der Waals surface area contributed by atoms with Gasteiger partial charge in [-0.25, -0.2) is 4.72 Å². The number of nitrogens with one attached hydrogen (secondary N) is 2. The molecule has 0 radical (unpaired) electrons. The maximum absolute atomic E-state index is 11.8. The van der Waals surface area contributed by atoms with E-state index in [9.17, 15) is 8.42 Å². The molecule has 0 amide bonds. The lowest BCUT2D eigenvalue weighted by Gasteiger charge is -2.26. The summed E-state index contributed by atoms with van der Waals surface area (Å²) >= 11 is 0. The van der Waals surface area contributed by atoms with Gasteiger partial charge >= 0.3 is 0 Å². The van der Waals surface area contributed by atoms with Crippen LogP contribution in [0.25, 0.3) is 0 Å².